The van der Waals surface area contributed by atoms with E-state index in [-0.39, 0.29) is 24.4 Å². The predicted molar refractivity (Wildman–Crippen MR) is 78.0 cm³/mol. The quantitative estimate of drug-likeness (QED) is 0.838. The largest absolute Gasteiger partial charge is 0.341 e. The van der Waals surface area contributed by atoms with Gasteiger partial charge < -0.3 is 15.5 Å². The molecule has 2 rings (SSSR count). The number of carbonyl (C=O) groups is 2. The van der Waals surface area contributed by atoms with E-state index in [0.717, 1.165) is 51.7 Å². The number of piperidine rings is 1. The summed E-state index contributed by atoms with van der Waals surface area (Å²) >= 11 is 0. The minimum atomic E-state index is 0.100. The summed E-state index contributed by atoms with van der Waals surface area (Å²) in [5.74, 6) is 0.767. The Kier molecular flexibility index (Phi) is 5.40. The van der Waals surface area contributed by atoms with Crippen molar-refractivity contribution in [2.45, 2.75) is 51.5 Å². The minimum absolute atomic E-state index is 0.100. The molecule has 20 heavy (non-hydrogen) atoms. The summed E-state index contributed by atoms with van der Waals surface area (Å²) in [5, 5.41) is 0. The molecule has 0 bridgehead atoms. The second kappa shape index (κ2) is 7.07. The summed E-state index contributed by atoms with van der Waals surface area (Å²) in [4.78, 5) is 27.9. The highest BCUT2D eigenvalue weighted by molar-refractivity contribution is 5.85. The molecule has 5 heteroatoms. The number of carbonyl (C=O) groups excluding carboxylic acids is 2. The van der Waals surface area contributed by atoms with Crippen LogP contribution >= 0.6 is 0 Å². The van der Waals surface area contributed by atoms with Gasteiger partial charge >= 0.3 is 0 Å². The molecule has 0 aliphatic carbocycles. The standard InChI is InChI=1S/C15H27N3O2/c1-12(16)13-6-9-17(10-7-13)15(20)11-18-8-4-2-3-5-14(18)19/h12-13H,2-11,16H2,1H3. The number of amides is 2. The van der Waals surface area contributed by atoms with Gasteiger partial charge in [0.15, 0.2) is 0 Å². The number of hydrogen-bond donors (Lipinski definition) is 1. The normalized spacial score (nSPS) is 23.6. The molecule has 2 saturated heterocycles. The third kappa shape index (κ3) is 3.95. The maximum atomic E-state index is 12.3. The predicted octanol–water partition coefficient (Wildman–Crippen LogP) is 0.975. The van der Waals surface area contributed by atoms with Crippen molar-refractivity contribution in [1.29, 1.82) is 0 Å². The molecular weight excluding hydrogens is 254 g/mol. The van der Waals surface area contributed by atoms with Gasteiger partial charge in [-0.15, -0.1) is 0 Å². The molecule has 0 spiro atoms. The first-order valence-electron chi connectivity index (χ1n) is 7.89. The number of likely N-dealkylation sites (tertiary alicyclic amines) is 2. The highest BCUT2D eigenvalue weighted by atomic mass is 16.2. The molecule has 2 heterocycles. The Morgan fingerprint density at radius 1 is 1.25 bits per heavy atom. The van der Waals surface area contributed by atoms with Crippen LogP contribution in [0.25, 0.3) is 0 Å². The van der Waals surface area contributed by atoms with Crippen molar-refractivity contribution in [3.8, 4) is 0 Å². The van der Waals surface area contributed by atoms with Crippen LogP contribution in [-0.2, 0) is 9.59 Å². The van der Waals surface area contributed by atoms with E-state index < -0.39 is 0 Å². The molecular formula is C15H27N3O2. The molecule has 2 fully saturated rings. The Morgan fingerprint density at radius 3 is 2.60 bits per heavy atom. The van der Waals surface area contributed by atoms with Crippen molar-refractivity contribution >= 4 is 11.8 Å². The van der Waals surface area contributed by atoms with Crippen LogP contribution in [0.4, 0.5) is 0 Å². The van der Waals surface area contributed by atoms with E-state index in [1.807, 2.05) is 11.8 Å². The minimum Gasteiger partial charge on any atom is -0.341 e. The van der Waals surface area contributed by atoms with Gasteiger partial charge in [-0.3, -0.25) is 9.59 Å². The van der Waals surface area contributed by atoms with Crippen LogP contribution in [0.3, 0.4) is 0 Å². The lowest BCUT2D eigenvalue weighted by atomic mass is 9.91. The highest BCUT2D eigenvalue weighted by Gasteiger charge is 2.27. The molecule has 1 unspecified atom stereocenters. The van der Waals surface area contributed by atoms with Crippen molar-refractivity contribution in [2.24, 2.45) is 11.7 Å². The second-order valence-corrected chi connectivity index (χ2v) is 6.20. The van der Waals surface area contributed by atoms with Gasteiger partial charge in [0.2, 0.25) is 11.8 Å². The van der Waals surface area contributed by atoms with Gasteiger partial charge in [-0.05, 0) is 38.5 Å². The molecule has 0 aromatic heterocycles. The SMILES string of the molecule is CC(N)C1CCN(C(=O)CN2CCCCCC2=O)CC1. The van der Waals surface area contributed by atoms with Crippen molar-refractivity contribution < 1.29 is 9.59 Å². The first-order valence-corrected chi connectivity index (χ1v) is 7.89. The van der Waals surface area contributed by atoms with Gasteiger partial charge in [-0.25, -0.2) is 0 Å². The van der Waals surface area contributed by atoms with E-state index in [1.165, 1.54) is 0 Å². The Hall–Kier alpha value is -1.10. The number of nitrogens with zero attached hydrogens (tertiary/aromatic N) is 2. The smallest absolute Gasteiger partial charge is 0.242 e. The van der Waals surface area contributed by atoms with Crippen LogP contribution in [-0.4, -0.2) is 53.8 Å². The van der Waals surface area contributed by atoms with E-state index in [4.69, 9.17) is 5.73 Å². The zero-order chi connectivity index (χ0) is 14.5. The summed E-state index contributed by atoms with van der Waals surface area (Å²) in [6, 6.07) is 0.208. The van der Waals surface area contributed by atoms with Crippen molar-refractivity contribution in [3.63, 3.8) is 0 Å². The first kappa shape index (κ1) is 15.3. The Bertz CT molecular complexity index is 349. The fourth-order valence-corrected chi connectivity index (χ4v) is 3.14. The van der Waals surface area contributed by atoms with Gasteiger partial charge in [-0.2, -0.15) is 0 Å². The third-order valence-electron chi connectivity index (χ3n) is 4.63. The lowest BCUT2D eigenvalue weighted by molar-refractivity contribution is -0.141. The van der Waals surface area contributed by atoms with Gasteiger partial charge in [0.05, 0.1) is 6.54 Å². The second-order valence-electron chi connectivity index (χ2n) is 6.20. The number of nitrogens with two attached hydrogens (primary N) is 1. The molecule has 0 aromatic rings. The molecule has 114 valence electrons. The topological polar surface area (TPSA) is 66.6 Å². The van der Waals surface area contributed by atoms with E-state index in [2.05, 4.69) is 0 Å². The fraction of sp³-hybridized carbons (Fsp3) is 0.867. The lowest BCUT2D eigenvalue weighted by Crippen LogP contribution is -2.47. The van der Waals surface area contributed by atoms with Crippen LogP contribution in [0.2, 0.25) is 0 Å². The molecule has 2 N–H and O–H groups in total. The average molecular weight is 281 g/mol. The summed E-state index contributed by atoms with van der Waals surface area (Å²) in [5.41, 5.74) is 5.92. The molecule has 2 aliphatic rings. The molecule has 1 atom stereocenters. The third-order valence-corrected chi connectivity index (χ3v) is 4.63. The van der Waals surface area contributed by atoms with Gasteiger partial charge in [-0.1, -0.05) is 6.42 Å². The number of rotatable bonds is 3. The van der Waals surface area contributed by atoms with Crippen LogP contribution in [0.5, 0.6) is 0 Å². The molecule has 0 saturated carbocycles. The van der Waals surface area contributed by atoms with Gasteiger partial charge in [0, 0.05) is 32.1 Å². The number of hydrogen-bond acceptors (Lipinski definition) is 3. The van der Waals surface area contributed by atoms with Crippen LogP contribution < -0.4 is 5.73 Å². The Labute approximate surface area is 121 Å². The summed E-state index contributed by atoms with van der Waals surface area (Å²) in [6.07, 6.45) is 5.64. The molecule has 0 aromatic carbocycles. The van der Waals surface area contributed by atoms with Crippen LogP contribution in [0.15, 0.2) is 0 Å². The fourth-order valence-electron chi connectivity index (χ4n) is 3.14. The molecule has 5 nitrogen and oxygen atoms in total. The monoisotopic (exact) mass is 281 g/mol. The van der Waals surface area contributed by atoms with Crippen LogP contribution in [0.1, 0.15) is 45.4 Å². The highest BCUT2D eigenvalue weighted by Crippen LogP contribution is 2.20. The zero-order valence-corrected chi connectivity index (χ0v) is 12.5. The zero-order valence-electron chi connectivity index (χ0n) is 12.5. The van der Waals surface area contributed by atoms with Crippen molar-refractivity contribution in [1.82, 2.24) is 9.80 Å². The Morgan fingerprint density at radius 2 is 1.95 bits per heavy atom. The maximum Gasteiger partial charge on any atom is 0.242 e. The summed E-state index contributed by atoms with van der Waals surface area (Å²) in [6.45, 7) is 4.61. The molecule has 2 amide bonds. The van der Waals surface area contributed by atoms with E-state index in [1.54, 1.807) is 4.90 Å². The maximum absolute atomic E-state index is 12.3. The average Bonchev–Trinajstić information content (AvgIpc) is 2.64. The summed E-state index contributed by atoms with van der Waals surface area (Å²) in [7, 11) is 0. The van der Waals surface area contributed by atoms with Gasteiger partial charge in [0.1, 0.15) is 0 Å². The van der Waals surface area contributed by atoms with E-state index in [9.17, 15) is 9.59 Å². The summed E-state index contributed by atoms with van der Waals surface area (Å²) < 4.78 is 0. The molecule has 0 radical (unpaired) electrons. The van der Waals surface area contributed by atoms with Crippen LogP contribution in [0, 0.1) is 5.92 Å². The first-order chi connectivity index (χ1) is 9.58. The lowest BCUT2D eigenvalue weighted by Gasteiger charge is -2.34. The van der Waals surface area contributed by atoms with Crippen molar-refractivity contribution in [2.75, 3.05) is 26.2 Å². The van der Waals surface area contributed by atoms with E-state index in [0.29, 0.717) is 12.3 Å². The van der Waals surface area contributed by atoms with Crippen molar-refractivity contribution in [3.05, 3.63) is 0 Å². The molecule has 2 aliphatic heterocycles. The van der Waals surface area contributed by atoms with E-state index >= 15 is 0 Å². The Balaban J connectivity index is 1.81. The van der Waals surface area contributed by atoms with Gasteiger partial charge in [0.25, 0.3) is 0 Å².